The number of phenolic OH excluding ortho intramolecular Hbond substituents is 1. The van der Waals surface area contributed by atoms with Gasteiger partial charge in [0.2, 0.25) is 0 Å². The summed E-state index contributed by atoms with van der Waals surface area (Å²) in [5.74, 6) is 0.117. The van der Waals surface area contributed by atoms with Crippen molar-refractivity contribution in [3.8, 4) is 5.75 Å². The van der Waals surface area contributed by atoms with E-state index < -0.39 is 0 Å². The third-order valence-electron chi connectivity index (χ3n) is 3.43. The monoisotopic (exact) mass is 220 g/mol. The van der Waals surface area contributed by atoms with Gasteiger partial charge in [-0.05, 0) is 42.0 Å². The summed E-state index contributed by atoms with van der Waals surface area (Å²) in [6.45, 7) is 1.88. The Morgan fingerprint density at radius 2 is 2.31 bits per heavy atom. The number of benzene rings is 1. The number of methoxy groups -OCH3 is 1. The van der Waals surface area contributed by atoms with E-state index in [-0.39, 0.29) is 23.6 Å². The lowest BCUT2D eigenvalue weighted by Gasteiger charge is -2.18. The van der Waals surface area contributed by atoms with Gasteiger partial charge in [-0.15, -0.1) is 0 Å². The molecule has 1 aliphatic carbocycles. The van der Waals surface area contributed by atoms with Crippen LogP contribution >= 0.6 is 0 Å². The molecule has 3 heteroatoms. The minimum atomic E-state index is -0.179. The van der Waals surface area contributed by atoms with Crippen molar-refractivity contribution in [2.24, 2.45) is 5.92 Å². The molecule has 2 rings (SSSR count). The lowest BCUT2D eigenvalue weighted by molar-refractivity contribution is -0.145. The summed E-state index contributed by atoms with van der Waals surface area (Å²) < 4.78 is 4.77. The summed E-state index contributed by atoms with van der Waals surface area (Å²) in [6.07, 6.45) is 1.93. The van der Waals surface area contributed by atoms with Crippen LogP contribution in [0.2, 0.25) is 0 Å². The summed E-state index contributed by atoms with van der Waals surface area (Å²) in [5, 5.41) is 9.48. The SMILES string of the molecule is COC(=O)[C@H](C)[C@@H]1CCc2ccc(O)cc21. The highest BCUT2D eigenvalue weighted by Crippen LogP contribution is 2.40. The number of fused-ring (bicyclic) bond motifs is 1. The highest BCUT2D eigenvalue weighted by atomic mass is 16.5. The third kappa shape index (κ3) is 1.77. The summed E-state index contributed by atoms with van der Waals surface area (Å²) in [7, 11) is 1.41. The Balaban J connectivity index is 2.29. The number of hydrogen-bond donors (Lipinski definition) is 1. The van der Waals surface area contributed by atoms with E-state index >= 15 is 0 Å². The van der Waals surface area contributed by atoms with Gasteiger partial charge >= 0.3 is 5.97 Å². The van der Waals surface area contributed by atoms with Crippen molar-refractivity contribution >= 4 is 5.97 Å². The molecular weight excluding hydrogens is 204 g/mol. The lowest BCUT2D eigenvalue weighted by Crippen LogP contribution is -2.19. The van der Waals surface area contributed by atoms with Crippen molar-refractivity contribution in [2.75, 3.05) is 7.11 Å². The number of aryl methyl sites for hydroxylation is 1. The molecule has 86 valence electrons. The number of esters is 1. The smallest absolute Gasteiger partial charge is 0.308 e. The van der Waals surface area contributed by atoms with Gasteiger partial charge in [0, 0.05) is 0 Å². The van der Waals surface area contributed by atoms with Crippen molar-refractivity contribution in [2.45, 2.75) is 25.7 Å². The van der Waals surface area contributed by atoms with Gasteiger partial charge in [0.15, 0.2) is 0 Å². The van der Waals surface area contributed by atoms with Crippen molar-refractivity contribution in [1.82, 2.24) is 0 Å². The highest BCUT2D eigenvalue weighted by molar-refractivity contribution is 5.73. The van der Waals surface area contributed by atoms with Gasteiger partial charge in [0.05, 0.1) is 13.0 Å². The molecule has 0 aromatic heterocycles. The predicted molar refractivity (Wildman–Crippen MR) is 60.3 cm³/mol. The number of phenols is 1. The number of hydrogen-bond acceptors (Lipinski definition) is 3. The molecule has 0 unspecified atom stereocenters. The van der Waals surface area contributed by atoms with Crippen LogP contribution in [0.25, 0.3) is 0 Å². The Bertz CT molecular complexity index is 412. The molecule has 2 atom stereocenters. The molecule has 0 bridgehead atoms. The zero-order chi connectivity index (χ0) is 11.7. The van der Waals surface area contributed by atoms with Crippen LogP contribution in [0.5, 0.6) is 5.75 Å². The molecule has 0 amide bonds. The first kappa shape index (κ1) is 11.0. The van der Waals surface area contributed by atoms with Gasteiger partial charge in [0.1, 0.15) is 5.75 Å². The maximum absolute atomic E-state index is 11.5. The summed E-state index contributed by atoms with van der Waals surface area (Å²) >= 11 is 0. The molecule has 0 saturated heterocycles. The van der Waals surface area contributed by atoms with Gasteiger partial charge in [-0.1, -0.05) is 13.0 Å². The molecule has 1 N–H and O–H groups in total. The zero-order valence-corrected chi connectivity index (χ0v) is 9.56. The van der Waals surface area contributed by atoms with E-state index in [4.69, 9.17) is 4.74 Å². The lowest BCUT2D eigenvalue weighted by atomic mass is 9.88. The van der Waals surface area contributed by atoms with E-state index in [0.717, 1.165) is 18.4 Å². The van der Waals surface area contributed by atoms with Crippen LogP contribution in [0.4, 0.5) is 0 Å². The average Bonchev–Trinajstić information content (AvgIpc) is 2.69. The molecule has 0 heterocycles. The summed E-state index contributed by atoms with van der Waals surface area (Å²) in [5.41, 5.74) is 2.33. The topological polar surface area (TPSA) is 46.5 Å². The minimum absolute atomic E-state index is 0.145. The maximum atomic E-state index is 11.5. The first-order valence-corrected chi connectivity index (χ1v) is 5.53. The van der Waals surface area contributed by atoms with Crippen molar-refractivity contribution < 1.29 is 14.6 Å². The fourth-order valence-electron chi connectivity index (χ4n) is 2.49. The van der Waals surface area contributed by atoms with Crippen LogP contribution in [-0.2, 0) is 16.0 Å². The Kier molecular flexibility index (Phi) is 2.86. The highest BCUT2D eigenvalue weighted by Gasteiger charge is 2.31. The number of carbonyl (C=O) groups is 1. The number of ether oxygens (including phenoxy) is 1. The first-order chi connectivity index (χ1) is 7.63. The molecule has 1 aliphatic rings. The molecule has 0 saturated carbocycles. The normalized spacial score (nSPS) is 20.2. The Hall–Kier alpha value is -1.51. The number of rotatable bonds is 2. The van der Waals surface area contributed by atoms with E-state index in [1.54, 1.807) is 12.1 Å². The molecule has 0 fully saturated rings. The van der Waals surface area contributed by atoms with Gasteiger partial charge in [0.25, 0.3) is 0 Å². The standard InChI is InChI=1S/C13H16O3/c1-8(13(15)16-2)11-6-4-9-3-5-10(14)7-12(9)11/h3,5,7-8,11,14H,4,6H2,1-2H3/t8-,11+/m1/s1. The van der Waals surface area contributed by atoms with E-state index in [0.29, 0.717) is 0 Å². The molecule has 16 heavy (non-hydrogen) atoms. The molecule has 1 aromatic carbocycles. The van der Waals surface area contributed by atoms with Gasteiger partial charge in [-0.2, -0.15) is 0 Å². The molecular formula is C13H16O3. The van der Waals surface area contributed by atoms with Crippen LogP contribution < -0.4 is 0 Å². The summed E-state index contributed by atoms with van der Waals surface area (Å²) in [4.78, 5) is 11.5. The zero-order valence-electron chi connectivity index (χ0n) is 9.56. The van der Waals surface area contributed by atoms with Crippen LogP contribution in [0.3, 0.4) is 0 Å². The largest absolute Gasteiger partial charge is 0.508 e. The third-order valence-corrected chi connectivity index (χ3v) is 3.43. The Morgan fingerprint density at radius 1 is 1.56 bits per heavy atom. The van der Waals surface area contributed by atoms with Gasteiger partial charge in [-0.25, -0.2) is 0 Å². The predicted octanol–water partition coefficient (Wildman–Crippen LogP) is 2.23. The summed E-state index contributed by atoms with van der Waals surface area (Å²) in [6, 6.07) is 5.41. The quantitative estimate of drug-likeness (QED) is 0.777. The van der Waals surface area contributed by atoms with Crippen molar-refractivity contribution in [1.29, 1.82) is 0 Å². The second-order valence-corrected chi connectivity index (χ2v) is 4.34. The molecule has 1 aromatic rings. The molecule has 0 aliphatic heterocycles. The van der Waals surface area contributed by atoms with E-state index in [2.05, 4.69) is 0 Å². The number of carbonyl (C=O) groups excluding carboxylic acids is 1. The van der Waals surface area contributed by atoms with Crippen LogP contribution in [0.1, 0.15) is 30.4 Å². The van der Waals surface area contributed by atoms with E-state index in [1.165, 1.54) is 12.7 Å². The van der Waals surface area contributed by atoms with E-state index in [1.807, 2.05) is 13.0 Å². The van der Waals surface area contributed by atoms with Crippen molar-refractivity contribution in [3.63, 3.8) is 0 Å². The van der Waals surface area contributed by atoms with Crippen LogP contribution in [0.15, 0.2) is 18.2 Å². The fraction of sp³-hybridized carbons (Fsp3) is 0.462. The van der Waals surface area contributed by atoms with E-state index in [9.17, 15) is 9.90 Å². The molecule has 0 radical (unpaired) electrons. The molecule has 3 nitrogen and oxygen atoms in total. The minimum Gasteiger partial charge on any atom is -0.508 e. The average molecular weight is 220 g/mol. The van der Waals surface area contributed by atoms with Gasteiger partial charge < -0.3 is 9.84 Å². The Morgan fingerprint density at radius 3 is 3.00 bits per heavy atom. The van der Waals surface area contributed by atoms with Crippen molar-refractivity contribution in [3.05, 3.63) is 29.3 Å². The van der Waals surface area contributed by atoms with Crippen LogP contribution in [-0.4, -0.2) is 18.2 Å². The Labute approximate surface area is 95.0 Å². The second kappa shape index (κ2) is 4.16. The maximum Gasteiger partial charge on any atom is 0.308 e. The number of aromatic hydroxyl groups is 1. The first-order valence-electron chi connectivity index (χ1n) is 5.53. The van der Waals surface area contributed by atoms with Gasteiger partial charge in [-0.3, -0.25) is 4.79 Å². The molecule has 0 spiro atoms. The second-order valence-electron chi connectivity index (χ2n) is 4.34. The van der Waals surface area contributed by atoms with Crippen LogP contribution in [0, 0.1) is 5.92 Å². The fourth-order valence-corrected chi connectivity index (χ4v) is 2.49.